The van der Waals surface area contributed by atoms with Crippen LogP contribution in [0.3, 0.4) is 0 Å². The fraction of sp³-hybridized carbons (Fsp3) is 0.375. The molecule has 1 aromatic carbocycles. The number of amides is 1. The van der Waals surface area contributed by atoms with Gasteiger partial charge in [-0.25, -0.2) is 4.98 Å². The largest absolute Gasteiger partial charge is 0.441 e. The molecular weight excluding hydrogens is 373 g/mol. The van der Waals surface area contributed by atoms with Crippen molar-refractivity contribution in [1.82, 2.24) is 15.6 Å². The van der Waals surface area contributed by atoms with Crippen LogP contribution >= 0.6 is 36.4 Å². The Morgan fingerprint density at radius 3 is 2.62 bits per heavy atom. The molecule has 1 fully saturated rings. The quantitative estimate of drug-likeness (QED) is 0.792. The molecule has 24 heavy (non-hydrogen) atoms. The number of aromatic nitrogens is 1. The Labute approximate surface area is 158 Å². The SMILES string of the molecule is Cl.Cl.O=C(CCc1ncc(-c2ccc(Cl)cc2)o1)NCC1CNC1. The van der Waals surface area contributed by atoms with Crippen LogP contribution in [0.2, 0.25) is 5.02 Å². The Morgan fingerprint density at radius 2 is 2.00 bits per heavy atom. The maximum atomic E-state index is 11.8. The number of nitrogens with one attached hydrogen (secondary N) is 2. The normalized spacial score (nSPS) is 13.4. The first-order chi connectivity index (χ1) is 10.7. The third kappa shape index (κ3) is 5.67. The summed E-state index contributed by atoms with van der Waals surface area (Å²) in [5.74, 6) is 1.87. The van der Waals surface area contributed by atoms with Crippen molar-refractivity contribution in [3.8, 4) is 11.3 Å². The van der Waals surface area contributed by atoms with Crippen molar-refractivity contribution in [2.75, 3.05) is 19.6 Å². The van der Waals surface area contributed by atoms with E-state index in [1.165, 1.54) is 0 Å². The highest BCUT2D eigenvalue weighted by Crippen LogP contribution is 2.22. The average Bonchev–Trinajstić information content (AvgIpc) is 2.93. The number of aryl methyl sites for hydroxylation is 1. The monoisotopic (exact) mass is 391 g/mol. The van der Waals surface area contributed by atoms with Crippen LogP contribution in [0.4, 0.5) is 0 Å². The zero-order valence-electron chi connectivity index (χ0n) is 13.0. The molecule has 1 aliphatic heterocycles. The van der Waals surface area contributed by atoms with Crippen molar-refractivity contribution in [2.24, 2.45) is 5.92 Å². The summed E-state index contributed by atoms with van der Waals surface area (Å²) in [6, 6.07) is 7.38. The molecule has 1 amide bonds. The zero-order chi connectivity index (χ0) is 15.4. The van der Waals surface area contributed by atoms with E-state index in [1.54, 1.807) is 6.20 Å². The summed E-state index contributed by atoms with van der Waals surface area (Å²) < 4.78 is 5.67. The van der Waals surface area contributed by atoms with Crippen molar-refractivity contribution < 1.29 is 9.21 Å². The molecule has 132 valence electrons. The lowest BCUT2D eigenvalue weighted by atomic mass is 10.0. The Bertz CT molecular complexity index is 642. The second-order valence-corrected chi connectivity index (χ2v) is 5.89. The number of benzene rings is 1. The van der Waals surface area contributed by atoms with Gasteiger partial charge in [-0.3, -0.25) is 4.79 Å². The van der Waals surface area contributed by atoms with E-state index in [4.69, 9.17) is 16.0 Å². The van der Waals surface area contributed by atoms with Crippen LogP contribution < -0.4 is 10.6 Å². The van der Waals surface area contributed by atoms with Crippen LogP contribution in [-0.2, 0) is 11.2 Å². The van der Waals surface area contributed by atoms with E-state index in [1.807, 2.05) is 24.3 Å². The molecule has 1 aromatic heterocycles. The molecule has 0 radical (unpaired) electrons. The Kier molecular flexibility index (Phi) is 8.56. The van der Waals surface area contributed by atoms with Gasteiger partial charge in [0.15, 0.2) is 11.7 Å². The van der Waals surface area contributed by atoms with Crippen molar-refractivity contribution in [3.63, 3.8) is 0 Å². The van der Waals surface area contributed by atoms with Gasteiger partial charge < -0.3 is 15.1 Å². The highest BCUT2D eigenvalue weighted by molar-refractivity contribution is 6.30. The summed E-state index contributed by atoms with van der Waals surface area (Å²) in [7, 11) is 0. The van der Waals surface area contributed by atoms with Crippen molar-refractivity contribution >= 4 is 42.3 Å². The van der Waals surface area contributed by atoms with Crippen molar-refractivity contribution in [2.45, 2.75) is 12.8 Å². The molecule has 0 bridgehead atoms. The third-order valence-electron chi connectivity index (χ3n) is 3.70. The van der Waals surface area contributed by atoms with Crippen LogP contribution in [0.25, 0.3) is 11.3 Å². The Morgan fingerprint density at radius 1 is 1.29 bits per heavy atom. The fourth-order valence-electron chi connectivity index (χ4n) is 2.23. The minimum atomic E-state index is 0. The molecule has 0 aliphatic carbocycles. The summed E-state index contributed by atoms with van der Waals surface area (Å²) >= 11 is 5.86. The first-order valence-corrected chi connectivity index (χ1v) is 7.76. The molecule has 8 heteroatoms. The lowest BCUT2D eigenvalue weighted by Gasteiger charge is -2.27. The number of carbonyl (C=O) groups is 1. The van der Waals surface area contributed by atoms with Crippen LogP contribution in [0.5, 0.6) is 0 Å². The molecule has 1 aliphatic rings. The highest BCUT2D eigenvalue weighted by atomic mass is 35.5. The second kappa shape index (κ2) is 9.89. The fourth-order valence-corrected chi connectivity index (χ4v) is 2.36. The molecule has 5 nitrogen and oxygen atoms in total. The predicted molar refractivity (Wildman–Crippen MR) is 99.1 cm³/mol. The van der Waals surface area contributed by atoms with Gasteiger partial charge in [-0.1, -0.05) is 11.6 Å². The van der Waals surface area contributed by atoms with Crippen molar-refractivity contribution in [1.29, 1.82) is 0 Å². The molecule has 0 atom stereocenters. The molecule has 2 aromatic rings. The van der Waals surface area contributed by atoms with E-state index in [9.17, 15) is 4.79 Å². The van der Waals surface area contributed by atoms with E-state index in [2.05, 4.69) is 15.6 Å². The molecule has 1 saturated heterocycles. The number of hydrogen-bond donors (Lipinski definition) is 2. The molecule has 0 unspecified atom stereocenters. The van der Waals surface area contributed by atoms with E-state index >= 15 is 0 Å². The summed E-state index contributed by atoms with van der Waals surface area (Å²) in [4.78, 5) is 16.0. The topological polar surface area (TPSA) is 67.2 Å². The van der Waals surface area contributed by atoms with Gasteiger partial charge in [0.25, 0.3) is 0 Å². The van der Waals surface area contributed by atoms with Gasteiger partial charge in [0, 0.05) is 49.0 Å². The average molecular weight is 393 g/mol. The lowest BCUT2D eigenvalue weighted by Crippen LogP contribution is -2.48. The number of halogens is 3. The van der Waals surface area contributed by atoms with Gasteiger partial charge in [0.2, 0.25) is 5.91 Å². The van der Waals surface area contributed by atoms with Gasteiger partial charge in [-0.15, -0.1) is 24.8 Å². The molecule has 0 spiro atoms. The van der Waals surface area contributed by atoms with E-state index in [-0.39, 0.29) is 30.7 Å². The number of oxazole rings is 1. The third-order valence-corrected chi connectivity index (χ3v) is 3.95. The minimum absolute atomic E-state index is 0. The van der Waals surface area contributed by atoms with Crippen LogP contribution in [-0.4, -0.2) is 30.5 Å². The molecule has 2 heterocycles. The highest BCUT2D eigenvalue weighted by Gasteiger charge is 2.17. The standard InChI is InChI=1S/C16H18ClN3O2.2ClH/c17-13-3-1-12(2-4-13)14-10-20-16(22-14)6-5-15(21)19-9-11-7-18-8-11;;/h1-4,10-11,18H,5-9H2,(H,19,21);2*1H. The number of hydrogen-bond acceptors (Lipinski definition) is 4. The van der Waals surface area contributed by atoms with Gasteiger partial charge >= 0.3 is 0 Å². The minimum Gasteiger partial charge on any atom is -0.441 e. The lowest BCUT2D eigenvalue weighted by molar-refractivity contribution is -0.121. The maximum Gasteiger partial charge on any atom is 0.220 e. The van der Waals surface area contributed by atoms with Crippen LogP contribution in [0.1, 0.15) is 12.3 Å². The molecule has 3 rings (SSSR count). The summed E-state index contributed by atoms with van der Waals surface area (Å²) in [5, 5.41) is 6.80. The second-order valence-electron chi connectivity index (χ2n) is 5.45. The summed E-state index contributed by atoms with van der Waals surface area (Å²) in [6.45, 7) is 2.72. The summed E-state index contributed by atoms with van der Waals surface area (Å²) in [6.07, 6.45) is 2.57. The molecular formula is C16H20Cl3N3O2. The molecule has 0 saturated carbocycles. The van der Waals surface area contributed by atoms with Crippen LogP contribution in [0, 0.1) is 5.92 Å². The number of carbonyl (C=O) groups excluding carboxylic acids is 1. The smallest absolute Gasteiger partial charge is 0.220 e. The van der Waals surface area contributed by atoms with Gasteiger partial charge in [-0.05, 0) is 24.3 Å². The maximum absolute atomic E-state index is 11.8. The van der Waals surface area contributed by atoms with Crippen molar-refractivity contribution in [3.05, 3.63) is 41.4 Å². The number of rotatable bonds is 6. The van der Waals surface area contributed by atoms with E-state index in [0.717, 1.165) is 25.2 Å². The Balaban J connectivity index is 0.00000144. The Hall–Kier alpha value is -1.27. The first kappa shape index (κ1) is 20.8. The predicted octanol–water partition coefficient (Wildman–Crippen LogP) is 3.11. The first-order valence-electron chi connectivity index (χ1n) is 7.39. The van der Waals surface area contributed by atoms with E-state index in [0.29, 0.717) is 35.4 Å². The number of nitrogens with zero attached hydrogens (tertiary/aromatic N) is 1. The van der Waals surface area contributed by atoms with E-state index < -0.39 is 0 Å². The zero-order valence-corrected chi connectivity index (χ0v) is 15.3. The van der Waals surface area contributed by atoms with Gasteiger partial charge in [-0.2, -0.15) is 0 Å². The molecule has 2 N–H and O–H groups in total. The van der Waals surface area contributed by atoms with Gasteiger partial charge in [0.05, 0.1) is 6.20 Å². The summed E-state index contributed by atoms with van der Waals surface area (Å²) in [5.41, 5.74) is 0.921. The van der Waals surface area contributed by atoms with Gasteiger partial charge in [0.1, 0.15) is 0 Å². The van der Waals surface area contributed by atoms with Crippen LogP contribution in [0.15, 0.2) is 34.9 Å².